The summed E-state index contributed by atoms with van der Waals surface area (Å²) in [6.45, 7) is 4.44. The first kappa shape index (κ1) is 17.9. The van der Waals surface area contributed by atoms with Crippen LogP contribution in [0.3, 0.4) is 0 Å². The number of nitrogens with zero attached hydrogens (tertiary/aromatic N) is 1. The highest BCUT2D eigenvalue weighted by atomic mass is 16.5. The van der Waals surface area contributed by atoms with Crippen molar-refractivity contribution in [3.63, 3.8) is 0 Å². The van der Waals surface area contributed by atoms with Crippen LogP contribution in [0, 0.1) is 5.92 Å². The van der Waals surface area contributed by atoms with E-state index in [-0.39, 0.29) is 12.1 Å². The van der Waals surface area contributed by atoms with Gasteiger partial charge in [-0.2, -0.15) is 0 Å². The molecule has 27 heavy (non-hydrogen) atoms. The third kappa shape index (κ3) is 4.61. The van der Waals surface area contributed by atoms with Crippen molar-refractivity contribution in [2.75, 3.05) is 26.2 Å². The third-order valence-electron chi connectivity index (χ3n) is 5.51. The van der Waals surface area contributed by atoms with Crippen LogP contribution in [0.2, 0.25) is 0 Å². The molecule has 4 rings (SSSR count). The molecule has 0 bridgehead atoms. The van der Waals surface area contributed by atoms with E-state index in [2.05, 4.69) is 45.9 Å². The largest absolute Gasteiger partial charge is 0.491 e. The van der Waals surface area contributed by atoms with Crippen molar-refractivity contribution < 1.29 is 9.53 Å². The lowest BCUT2D eigenvalue weighted by atomic mass is 9.96. The molecule has 142 valence electrons. The molecular formula is C22H27N3O2. The summed E-state index contributed by atoms with van der Waals surface area (Å²) in [7, 11) is 0. The molecule has 1 saturated heterocycles. The molecule has 0 aromatic heterocycles. The molecule has 2 N–H and O–H groups in total. The van der Waals surface area contributed by atoms with Crippen molar-refractivity contribution >= 4 is 6.03 Å². The summed E-state index contributed by atoms with van der Waals surface area (Å²) in [4.78, 5) is 14.8. The highest BCUT2D eigenvalue weighted by molar-refractivity contribution is 5.74. The maximum atomic E-state index is 12.3. The Morgan fingerprint density at radius 3 is 2.59 bits per heavy atom. The summed E-state index contributed by atoms with van der Waals surface area (Å²) in [5, 5.41) is 6.08. The lowest BCUT2D eigenvalue weighted by molar-refractivity contribution is 0.174. The number of carbonyl (C=O) groups is 1. The van der Waals surface area contributed by atoms with Crippen molar-refractivity contribution in [2.24, 2.45) is 5.92 Å². The molecule has 0 radical (unpaired) electrons. The number of para-hydroxylation sites is 1. The Balaban J connectivity index is 1.18. The van der Waals surface area contributed by atoms with E-state index < -0.39 is 0 Å². The zero-order valence-electron chi connectivity index (χ0n) is 15.6. The van der Waals surface area contributed by atoms with Crippen molar-refractivity contribution in [1.82, 2.24) is 15.5 Å². The Labute approximate surface area is 160 Å². The van der Waals surface area contributed by atoms with Crippen LogP contribution in [-0.2, 0) is 6.54 Å². The number of piperidine rings is 1. The first-order valence-corrected chi connectivity index (χ1v) is 9.80. The standard InChI is InChI=1S/C22H27N3O2/c26-22(24-20-16-27-21-9-5-4-8-19(20)21)23-14-17-10-12-25(13-11-17)15-18-6-2-1-3-7-18/h1-9,17,20H,10-16H2,(H2,23,24,26). The quantitative estimate of drug-likeness (QED) is 0.855. The molecule has 2 amide bonds. The van der Waals surface area contributed by atoms with Crippen LogP contribution in [0.5, 0.6) is 5.75 Å². The molecular weight excluding hydrogens is 338 g/mol. The third-order valence-corrected chi connectivity index (χ3v) is 5.51. The van der Waals surface area contributed by atoms with Crippen LogP contribution < -0.4 is 15.4 Å². The topological polar surface area (TPSA) is 53.6 Å². The van der Waals surface area contributed by atoms with E-state index in [0.29, 0.717) is 12.5 Å². The van der Waals surface area contributed by atoms with E-state index in [1.54, 1.807) is 0 Å². The van der Waals surface area contributed by atoms with Gasteiger partial charge in [0.1, 0.15) is 12.4 Å². The molecule has 0 spiro atoms. The Hall–Kier alpha value is -2.53. The molecule has 1 atom stereocenters. The lowest BCUT2D eigenvalue weighted by Crippen LogP contribution is -2.43. The summed E-state index contributed by atoms with van der Waals surface area (Å²) < 4.78 is 5.62. The minimum Gasteiger partial charge on any atom is -0.491 e. The van der Waals surface area contributed by atoms with Gasteiger partial charge in [0.2, 0.25) is 0 Å². The van der Waals surface area contributed by atoms with Crippen LogP contribution in [-0.4, -0.2) is 37.2 Å². The van der Waals surface area contributed by atoms with Crippen LogP contribution in [0.1, 0.15) is 30.0 Å². The summed E-state index contributed by atoms with van der Waals surface area (Å²) in [6.07, 6.45) is 2.25. The Morgan fingerprint density at radius 2 is 1.78 bits per heavy atom. The van der Waals surface area contributed by atoms with E-state index in [1.807, 2.05) is 24.3 Å². The van der Waals surface area contributed by atoms with Gasteiger partial charge >= 0.3 is 6.03 Å². The summed E-state index contributed by atoms with van der Waals surface area (Å²) in [5.41, 5.74) is 2.43. The highest BCUT2D eigenvalue weighted by Crippen LogP contribution is 2.31. The van der Waals surface area contributed by atoms with E-state index in [9.17, 15) is 4.79 Å². The number of hydrogen-bond donors (Lipinski definition) is 2. The van der Waals surface area contributed by atoms with Gasteiger partial charge in [0, 0.05) is 18.7 Å². The maximum Gasteiger partial charge on any atom is 0.315 e. The Kier molecular flexibility index (Phi) is 5.58. The molecule has 2 aliphatic heterocycles. The number of ether oxygens (including phenoxy) is 1. The fraction of sp³-hybridized carbons (Fsp3) is 0.409. The number of benzene rings is 2. The minimum absolute atomic E-state index is 0.0612. The number of rotatable bonds is 5. The number of hydrogen-bond acceptors (Lipinski definition) is 3. The summed E-state index contributed by atoms with van der Waals surface area (Å²) in [6, 6.07) is 18.3. The van der Waals surface area contributed by atoms with Crippen LogP contribution in [0.25, 0.3) is 0 Å². The van der Waals surface area contributed by atoms with E-state index >= 15 is 0 Å². The lowest BCUT2D eigenvalue weighted by Gasteiger charge is -2.32. The number of amides is 2. The summed E-state index contributed by atoms with van der Waals surface area (Å²) in [5.74, 6) is 1.42. The van der Waals surface area contributed by atoms with Gasteiger partial charge < -0.3 is 15.4 Å². The van der Waals surface area contributed by atoms with Gasteiger partial charge in [-0.25, -0.2) is 4.79 Å². The number of likely N-dealkylation sites (tertiary alicyclic amines) is 1. The van der Waals surface area contributed by atoms with Crippen molar-refractivity contribution in [3.8, 4) is 5.75 Å². The molecule has 2 heterocycles. The number of carbonyl (C=O) groups excluding carboxylic acids is 1. The second-order valence-electron chi connectivity index (χ2n) is 7.46. The second-order valence-corrected chi connectivity index (χ2v) is 7.46. The zero-order chi connectivity index (χ0) is 18.5. The van der Waals surface area contributed by atoms with Gasteiger partial charge in [-0.3, -0.25) is 4.90 Å². The van der Waals surface area contributed by atoms with Crippen molar-refractivity contribution in [3.05, 3.63) is 65.7 Å². The number of fused-ring (bicyclic) bond motifs is 1. The van der Waals surface area contributed by atoms with E-state index in [1.165, 1.54) is 5.56 Å². The predicted octanol–water partition coefficient (Wildman–Crippen LogP) is 3.33. The maximum absolute atomic E-state index is 12.3. The van der Waals surface area contributed by atoms with Crippen molar-refractivity contribution in [2.45, 2.75) is 25.4 Å². The van der Waals surface area contributed by atoms with Crippen LogP contribution in [0.4, 0.5) is 4.79 Å². The fourth-order valence-corrected chi connectivity index (χ4v) is 3.92. The second kappa shape index (κ2) is 8.44. The fourth-order valence-electron chi connectivity index (χ4n) is 3.92. The Bertz CT molecular complexity index is 757. The smallest absolute Gasteiger partial charge is 0.315 e. The molecule has 5 heteroatoms. The van der Waals surface area contributed by atoms with Crippen LogP contribution >= 0.6 is 0 Å². The molecule has 2 aromatic rings. The summed E-state index contributed by atoms with van der Waals surface area (Å²) >= 11 is 0. The van der Waals surface area contributed by atoms with Gasteiger partial charge in [-0.15, -0.1) is 0 Å². The predicted molar refractivity (Wildman–Crippen MR) is 106 cm³/mol. The first-order valence-electron chi connectivity index (χ1n) is 9.80. The SMILES string of the molecule is O=C(NCC1CCN(Cc2ccccc2)CC1)NC1COc2ccccc21. The van der Waals surface area contributed by atoms with E-state index in [0.717, 1.165) is 50.3 Å². The highest BCUT2D eigenvalue weighted by Gasteiger charge is 2.25. The molecule has 1 fully saturated rings. The molecule has 0 saturated carbocycles. The average Bonchev–Trinajstić information content (AvgIpc) is 3.11. The molecule has 0 aliphatic carbocycles. The van der Waals surface area contributed by atoms with Crippen molar-refractivity contribution in [1.29, 1.82) is 0 Å². The number of nitrogens with one attached hydrogen (secondary N) is 2. The van der Waals surface area contributed by atoms with Gasteiger partial charge in [0.15, 0.2) is 0 Å². The molecule has 5 nitrogen and oxygen atoms in total. The minimum atomic E-state index is -0.105. The van der Waals surface area contributed by atoms with Gasteiger partial charge in [0.05, 0.1) is 6.04 Å². The zero-order valence-corrected chi connectivity index (χ0v) is 15.6. The van der Waals surface area contributed by atoms with Gasteiger partial charge in [-0.1, -0.05) is 48.5 Å². The number of urea groups is 1. The monoisotopic (exact) mass is 365 g/mol. The normalized spacial score (nSPS) is 19.9. The Morgan fingerprint density at radius 1 is 1.04 bits per heavy atom. The first-order chi connectivity index (χ1) is 13.3. The van der Waals surface area contributed by atoms with E-state index in [4.69, 9.17) is 4.74 Å². The average molecular weight is 365 g/mol. The molecule has 2 aliphatic rings. The van der Waals surface area contributed by atoms with Gasteiger partial charge in [-0.05, 0) is 43.5 Å². The molecule has 1 unspecified atom stereocenters. The molecule has 2 aromatic carbocycles. The van der Waals surface area contributed by atoms with Crippen LogP contribution in [0.15, 0.2) is 54.6 Å². The van der Waals surface area contributed by atoms with Gasteiger partial charge in [0.25, 0.3) is 0 Å².